The van der Waals surface area contributed by atoms with Crippen molar-refractivity contribution < 1.29 is 14.7 Å². The normalized spacial score (nSPS) is 16.3. The second kappa shape index (κ2) is 6.79. The first-order chi connectivity index (χ1) is 10.4. The van der Waals surface area contributed by atoms with Crippen LogP contribution in [-0.4, -0.2) is 67.0 Å². The van der Waals surface area contributed by atoms with E-state index in [-0.39, 0.29) is 11.8 Å². The molecule has 120 valence electrons. The zero-order chi connectivity index (χ0) is 16.3. The van der Waals surface area contributed by atoms with Crippen molar-refractivity contribution >= 4 is 17.5 Å². The molecule has 6 nitrogen and oxygen atoms in total. The standard InChI is InChI=1S/C16H23N3O3/c1-17-10-8-13(9-11-17)19(3)16(22)15(21)18(2)12-4-6-14(20)7-5-12/h4-7,13,20H,8-11H2,1-3H3. The first-order valence-corrected chi connectivity index (χ1v) is 7.42. The number of carbonyl (C=O) groups excluding carboxylic acids is 2. The van der Waals surface area contributed by atoms with E-state index < -0.39 is 11.8 Å². The molecule has 1 saturated heterocycles. The number of phenolic OH excluding ortho intramolecular Hbond substituents is 1. The average molecular weight is 305 g/mol. The van der Waals surface area contributed by atoms with Gasteiger partial charge in [0, 0.05) is 25.8 Å². The van der Waals surface area contributed by atoms with E-state index in [0.29, 0.717) is 5.69 Å². The highest BCUT2D eigenvalue weighted by Crippen LogP contribution is 2.19. The summed E-state index contributed by atoms with van der Waals surface area (Å²) in [6.45, 7) is 1.87. The van der Waals surface area contributed by atoms with E-state index in [0.717, 1.165) is 25.9 Å². The quantitative estimate of drug-likeness (QED) is 0.825. The first kappa shape index (κ1) is 16.3. The second-order valence-corrected chi connectivity index (χ2v) is 5.83. The van der Waals surface area contributed by atoms with Crippen LogP contribution in [0.1, 0.15) is 12.8 Å². The lowest BCUT2D eigenvalue weighted by atomic mass is 10.0. The number of hydrogen-bond acceptors (Lipinski definition) is 4. The van der Waals surface area contributed by atoms with Gasteiger partial charge >= 0.3 is 11.8 Å². The molecule has 0 atom stereocenters. The fraction of sp³-hybridized carbons (Fsp3) is 0.500. The third-order valence-electron chi connectivity index (χ3n) is 4.28. The molecule has 2 amide bonds. The van der Waals surface area contributed by atoms with E-state index in [1.165, 1.54) is 17.0 Å². The average Bonchev–Trinajstić information content (AvgIpc) is 2.53. The molecular weight excluding hydrogens is 282 g/mol. The molecular formula is C16H23N3O3. The van der Waals surface area contributed by atoms with Crippen LogP contribution in [0.25, 0.3) is 0 Å². The summed E-state index contributed by atoms with van der Waals surface area (Å²) in [5.41, 5.74) is 0.577. The van der Waals surface area contributed by atoms with Gasteiger partial charge in [-0.05, 0) is 57.2 Å². The number of likely N-dealkylation sites (tertiary alicyclic amines) is 1. The maximum Gasteiger partial charge on any atom is 0.316 e. The summed E-state index contributed by atoms with van der Waals surface area (Å²) in [7, 11) is 5.32. The Balaban J connectivity index is 2.01. The summed E-state index contributed by atoms with van der Waals surface area (Å²) in [5, 5.41) is 9.28. The van der Waals surface area contributed by atoms with Crippen molar-refractivity contribution in [3.63, 3.8) is 0 Å². The number of hydrogen-bond donors (Lipinski definition) is 1. The molecule has 1 aliphatic heterocycles. The Morgan fingerprint density at radius 2 is 1.64 bits per heavy atom. The van der Waals surface area contributed by atoms with Crippen LogP contribution in [0.3, 0.4) is 0 Å². The van der Waals surface area contributed by atoms with Gasteiger partial charge in [0.25, 0.3) is 0 Å². The van der Waals surface area contributed by atoms with Crippen molar-refractivity contribution in [2.24, 2.45) is 0 Å². The number of piperidine rings is 1. The number of phenols is 1. The van der Waals surface area contributed by atoms with Gasteiger partial charge < -0.3 is 19.8 Å². The Kier molecular flexibility index (Phi) is 5.03. The monoisotopic (exact) mass is 305 g/mol. The number of anilines is 1. The minimum atomic E-state index is -0.563. The van der Waals surface area contributed by atoms with Crippen LogP contribution in [-0.2, 0) is 9.59 Å². The van der Waals surface area contributed by atoms with E-state index in [9.17, 15) is 14.7 Å². The van der Waals surface area contributed by atoms with Gasteiger partial charge in [-0.2, -0.15) is 0 Å². The lowest BCUT2D eigenvalue weighted by Gasteiger charge is -2.35. The highest BCUT2D eigenvalue weighted by atomic mass is 16.3. The SMILES string of the molecule is CN1CCC(N(C)C(=O)C(=O)N(C)c2ccc(O)cc2)CC1. The van der Waals surface area contributed by atoms with E-state index in [2.05, 4.69) is 11.9 Å². The van der Waals surface area contributed by atoms with Crippen molar-refractivity contribution in [1.82, 2.24) is 9.80 Å². The molecule has 0 radical (unpaired) electrons. The van der Waals surface area contributed by atoms with E-state index in [4.69, 9.17) is 0 Å². The van der Waals surface area contributed by atoms with E-state index >= 15 is 0 Å². The number of rotatable bonds is 2. The molecule has 22 heavy (non-hydrogen) atoms. The predicted octanol–water partition coefficient (Wildman–Crippen LogP) is 0.908. The fourth-order valence-corrected chi connectivity index (χ4v) is 2.64. The summed E-state index contributed by atoms with van der Waals surface area (Å²) in [6.07, 6.45) is 1.77. The van der Waals surface area contributed by atoms with Crippen LogP contribution in [0.2, 0.25) is 0 Å². The summed E-state index contributed by atoms with van der Waals surface area (Å²) in [6, 6.07) is 6.31. The maximum absolute atomic E-state index is 12.4. The lowest BCUT2D eigenvalue weighted by molar-refractivity contribution is -0.145. The molecule has 0 bridgehead atoms. The Morgan fingerprint density at radius 1 is 1.09 bits per heavy atom. The summed E-state index contributed by atoms with van der Waals surface area (Å²) >= 11 is 0. The third-order valence-corrected chi connectivity index (χ3v) is 4.28. The topological polar surface area (TPSA) is 64.1 Å². The van der Waals surface area contributed by atoms with Crippen LogP contribution < -0.4 is 4.90 Å². The zero-order valence-corrected chi connectivity index (χ0v) is 13.3. The van der Waals surface area contributed by atoms with E-state index in [1.54, 1.807) is 31.1 Å². The van der Waals surface area contributed by atoms with Gasteiger partial charge in [-0.15, -0.1) is 0 Å². The Hall–Kier alpha value is -2.08. The number of likely N-dealkylation sites (N-methyl/N-ethyl adjacent to an activating group) is 2. The molecule has 1 aliphatic rings. The first-order valence-electron chi connectivity index (χ1n) is 7.42. The molecule has 1 heterocycles. The largest absolute Gasteiger partial charge is 0.508 e. The molecule has 2 rings (SSSR count). The summed E-state index contributed by atoms with van der Waals surface area (Å²) in [4.78, 5) is 29.8. The van der Waals surface area contributed by atoms with Gasteiger partial charge in [0.2, 0.25) is 0 Å². The smallest absolute Gasteiger partial charge is 0.316 e. The highest BCUT2D eigenvalue weighted by molar-refractivity contribution is 6.40. The molecule has 1 aromatic rings. The highest BCUT2D eigenvalue weighted by Gasteiger charge is 2.30. The molecule has 0 aliphatic carbocycles. The molecule has 1 fully saturated rings. The Labute approximate surface area is 130 Å². The van der Waals surface area contributed by atoms with E-state index in [1.807, 2.05) is 0 Å². The summed E-state index contributed by atoms with van der Waals surface area (Å²) < 4.78 is 0. The van der Waals surface area contributed by atoms with Crippen LogP contribution in [0.4, 0.5) is 5.69 Å². The minimum absolute atomic E-state index is 0.112. The van der Waals surface area contributed by atoms with Gasteiger partial charge in [-0.1, -0.05) is 0 Å². The molecule has 0 aromatic heterocycles. The Bertz CT molecular complexity index is 536. The van der Waals surface area contributed by atoms with Gasteiger partial charge in [0.05, 0.1) is 0 Å². The third kappa shape index (κ3) is 3.57. The predicted molar refractivity (Wildman–Crippen MR) is 84.8 cm³/mol. The van der Waals surface area contributed by atoms with Crippen LogP contribution >= 0.6 is 0 Å². The minimum Gasteiger partial charge on any atom is -0.508 e. The van der Waals surface area contributed by atoms with Crippen molar-refractivity contribution in [2.45, 2.75) is 18.9 Å². The van der Waals surface area contributed by atoms with Gasteiger partial charge in [-0.3, -0.25) is 9.59 Å². The lowest BCUT2D eigenvalue weighted by Crippen LogP contribution is -2.49. The molecule has 1 aromatic carbocycles. The van der Waals surface area contributed by atoms with Crippen molar-refractivity contribution in [3.05, 3.63) is 24.3 Å². The van der Waals surface area contributed by atoms with Gasteiger partial charge in [-0.25, -0.2) is 0 Å². The van der Waals surface area contributed by atoms with Crippen molar-refractivity contribution in [2.75, 3.05) is 39.1 Å². The molecule has 6 heteroatoms. The number of carbonyl (C=O) groups is 2. The van der Waals surface area contributed by atoms with Crippen LogP contribution in [0.15, 0.2) is 24.3 Å². The van der Waals surface area contributed by atoms with Gasteiger partial charge in [0.1, 0.15) is 5.75 Å². The fourth-order valence-electron chi connectivity index (χ4n) is 2.64. The molecule has 0 saturated carbocycles. The number of amides is 2. The zero-order valence-electron chi connectivity index (χ0n) is 13.3. The van der Waals surface area contributed by atoms with Crippen molar-refractivity contribution in [3.8, 4) is 5.75 Å². The van der Waals surface area contributed by atoms with Crippen LogP contribution in [0.5, 0.6) is 5.75 Å². The number of aromatic hydroxyl groups is 1. The van der Waals surface area contributed by atoms with Crippen LogP contribution in [0, 0.1) is 0 Å². The Morgan fingerprint density at radius 3 is 2.18 bits per heavy atom. The van der Waals surface area contributed by atoms with Crippen molar-refractivity contribution in [1.29, 1.82) is 0 Å². The molecule has 0 spiro atoms. The maximum atomic E-state index is 12.4. The molecule has 0 unspecified atom stereocenters. The summed E-state index contributed by atoms with van der Waals surface area (Å²) in [5.74, 6) is -0.934. The second-order valence-electron chi connectivity index (χ2n) is 5.83. The number of benzene rings is 1. The van der Waals surface area contributed by atoms with Gasteiger partial charge in [0.15, 0.2) is 0 Å². The molecule has 1 N–H and O–H groups in total. The number of nitrogens with zero attached hydrogens (tertiary/aromatic N) is 3.